The average molecular weight is 312 g/mol. The second-order valence-electron chi connectivity index (χ2n) is 6.56. The molecular formula is C18H20N2O3. The minimum atomic E-state index is -1.14. The predicted octanol–water partition coefficient (Wildman–Crippen LogP) is 3.02. The summed E-state index contributed by atoms with van der Waals surface area (Å²) in [7, 11) is 0. The molecule has 1 saturated carbocycles. The van der Waals surface area contributed by atoms with Gasteiger partial charge in [0.25, 0.3) is 0 Å². The molecule has 120 valence electrons. The van der Waals surface area contributed by atoms with Crippen LogP contribution < -0.4 is 10.3 Å². The average Bonchev–Trinajstić information content (AvgIpc) is 3.40. The third kappa shape index (κ3) is 2.50. The zero-order chi connectivity index (χ0) is 16.0. The van der Waals surface area contributed by atoms with Gasteiger partial charge in [-0.1, -0.05) is 0 Å². The van der Waals surface area contributed by atoms with Crippen LogP contribution in [-0.2, 0) is 0 Å². The summed E-state index contributed by atoms with van der Waals surface area (Å²) in [6.07, 6.45) is 7.20. The van der Waals surface area contributed by atoms with Gasteiger partial charge in [0.15, 0.2) is 0 Å². The molecule has 1 N–H and O–H groups in total. The molecule has 0 atom stereocenters. The van der Waals surface area contributed by atoms with Gasteiger partial charge < -0.3 is 14.6 Å². The van der Waals surface area contributed by atoms with E-state index >= 15 is 0 Å². The van der Waals surface area contributed by atoms with Gasteiger partial charge in [0, 0.05) is 36.4 Å². The quantitative estimate of drug-likeness (QED) is 0.946. The number of hydrogen-bond acceptors (Lipinski definition) is 3. The van der Waals surface area contributed by atoms with Crippen molar-refractivity contribution in [3.8, 4) is 0 Å². The lowest BCUT2D eigenvalue weighted by Gasteiger charge is -2.29. The zero-order valence-electron chi connectivity index (χ0n) is 13.0. The van der Waals surface area contributed by atoms with Crippen LogP contribution in [0.5, 0.6) is 0 Å². The smallest absolute Gasteiger partial charge is 0.341 e. The topological polar surface area (TPSA) is 62.5 Å². The molecule has 2 heterocycles. The van der Waals surface area contributed by atoms with Crippen LogP contribution in [0.15, 0.2) is 29.2 Å². The fraction of sp³-hybridized carbons (Fsp3) is 0.444. The number of pyridine rings is 1. The molecule has 1 saturated heterocycles. The summed E-state index contributed by atoms with van der Waals surface area (Å²) >= 11 is 0. The van der Waals surface area contributed by atoms with Crippen molar-refractivity contribution in [1.29, 1.82) is 0 Å². The Kier molecular flexibility index (Phi) is 3.36. The lowest BCUT2D eigenvalue weighted by molar-refractivity contribution is 0.0695. The monoisotopic (exact) mass is 312 g/mol. The van der Waals surface area contributed by atoms with Gasteiger partial charge in [-0.2, -0.15) is 0 Å². The molecule has 1 aliphatic heterocycles. The van der Waals surface area contributed by atoms with Crippen molar-refractivity contribution in [2.45, 2.75) is 38.1 Å². The van der Waals surface area contributed by atoms with E-state index in [1.807, 2.05) is 16.7 Å². The Morgan fingerprint density at radius 1 is 1.13 bits per heavy atom. The van der Waals surface area contributed by atoms with Gasteiger partial charge in [-0.05, 0) is 50.3 Å². The molecule has 4 rings (SSSR count). The molecule has 1 aromatic heterocycles. The van der Waals surface area contributed by atoms with Gasteiger partial charge in [-0.15, -0.1) is 0 Å². The van der Waals surface area contributed by atoms with Crippen molar-refractivity contribution in [1.82, 2.24) is 4.57 Å². The molecule has 2 aromatic rings. The number of hydrogen-bond donors (Lipinski definition) is 1. The van der Waals surface area contributed by atoms with Gasteiger partial charge in [-0.3, -0.25) is 4.79 Å². The Balaban J connectivity index is 1.90. The summed E-state index contributed by atoms with van der Waals surface area (Å²) in [5.41, 5.74) is 1.38. The third-order valence-electron chi connectivity index (χ3n) is 4.91. The zero-order valence-corrected chi connectivity index (χ0v) is 13.0. The molecular weight excluding hydrogens is 292 g/mol. The highest BCUT2D eigenvalue weighted by Gasteiger charge is 2.27. The third-order valence-corrected chi connectivity index (χ3v) is 4.91. The van der Waals surface area contributed by atoms with E-state index in [1.54, 1.807) is 0 Å². The highest BCUT2D eigenvalue weighted by molar-refractivity contribution is 5.93. The number of benzene rings is 1. The normalized spacial score (nSPS) is 18.3. The molecule has 0 unspecified atom stereocenters. The first-order valence-electron chi connectivity index (χ1n) is 8.32. The first-order chi connectivity index (χ1) is 11.1. The number of anilines is 1. The second-order valence-corrected chi connectivity index (χ2v) is 6.56. The van der Waals surface area contributed by atoms with E-state index in [0.717, 1.165) is 37.1 Å². The van der Waals surface area contributed by atoms with E-state index in [-0.39, 0.29) is 11.0 Å². The van der Waals surface area contributed by atoms with Gasteiger partial charge in [0.1, 0.15) is 5.56 Å². The largest absolute Gasteiger partial charge is 0.477 e. The molecule has 2 aliphatic rings. The fourth-order valence-electron chi connectivity index (χ4n) is 3.50. The van der Waals surface area contributed by atoms with E-state index in [2.05, 4.69) is 11.0 Å². The van der Waals surface area contributed by atoms with Crippen LogP contribution in [0, 0.1) is 0 Å². The number of rotatable bonds is 3. The summed E-state index contributed by atoms with van der Waals surface area (Å²) in [6.45, 7) is 2.00. The maximum Gasteiger partial charge on any atom is 0.341 e. The van der Waals surface area contributed by atoms with E-state index in [0.29, 0.717) is 11.4 Å². The second kappa shape index (κ2) is 5.41. The predicted molar refractivity (Wildman–Crippen MR) is 89.5 cm³/mol. The number of carbonyl (C=O) groups is 1. The molecule has 0 spiro atoms. The van der Waals surface area contributed by atoms with Gasteiger partial charge in [-0.25, -0.2) is 4.79 Å². The summed E-state index contributed by atoms with van der Waals surface area (Å²) in [4.78, 5) is 26.3. The van der Waals surface area contributed by atoms with Crippen molar-refractivity contribution in [2.75, 3.05) is 18.0 Å². The van der Waals surface area contributed by atoms with Crippen LogP contribution in [0.2, 0.25) is 0 Å². The number of aromatic carboxylic acids is 1. The fourth-order valence-corrected chi connectivity index (χ4v) is 3.50. The van der Waals surface area contributed by atoms with Crippen LogP contribution >= 0.6 is 0 Å². The van der Waals surface area contributed by atoms with Crippen LogP contribution in [0.4, 0.5) is 5.69 Å². The lowest BCUT2D eigenvalue weighted by Crippen LogP contribution is -2.29. The van der Waals surface area contributed by atoms with E-state index in [1.165, 1.54) is 25.5 Å². The molecule has 2 fully saturated rings. The van der Waals surface area contributed by atoms with Gasteiger partial charge >= 0.3 is 5.97 Å². The maximum atomic E-state index is 12.6. The standard InChI is InChI=1S/C18H20N2O3/c21-17-14-10-13(19-8-2-1-3-9-19)6-7-16(14)20(12-4-5-12)11-15(17)18(22)23/h6-7,10-12H,1-5,8-9H2,(H,22,23). The molecule has 23 heavy (non-hydrogen) atoms. The molecule has 5 heteroatoms. The number of piperidine rings is 1. The van der Waals surface area contributed by atoms with Crippen LogP contribution in [0.3, 0.4) is 0 Å². The van der Waals surface area contributed by atoms with Crippen molar-refractivity contribution in [2.24, 2.45) is 0 Å². The molecule has 5 nitrogen and oxygen atoms in total. The van der Waals surface area contributed by atoms with Crippen LogP contribution in [0.25, 0.3) is 10.9 Å². The van der Waals surface area contributed by atoms with Crippen LogP contribution in [0.1, 0.15) is 48.5 Å². The summed E-state index contributed by atoms with van der Waals surface area (Å²) in [5, 5.41) is 9.87. The Hall–Kier alpha value is -2.30. The van der Waals surface area contributed by atoms with Gasteiger partial charge in [0.2, 0.25) is 5.43 Å². The van der Waals surface area contributed by atoms with Crippen LogP contribution in [-0.4, -0.2) is 28.7 Å². The molecule has 0 bridgehead atoms. The summed E-state index contributed by atoms with van der Waals surface area (Å²) in [6, 6.07) is 6.25. The number of aromatic nitrogens is 1. The first-order valence-corrected chi connectivity index (χ1v) is 8.32. The highest BCUT2D eigenvalue weighted by atomic mass is 16.4. The minimum absolute atomic E-state index is 0.125. The van der Waals surface area contributed by atoms with E-state index < -0.39 is 5.97 Å². The van der Waals surface area contributed by atoms with Crippen molar-refractivity contribution >= 4 is 22.6 Å². The Morgan fingerprint density at radius 2 is 1.87 bits per heavy atom. The molecule has 0 amide bonds. The number of carboxylic acids is 1. The molecule has 1 aliphatic carbocycles. The van der Waals surface area contributed by atoms with Crippen molar-refractivity contribution in [3.05, 3.63) is 40.2 Å². The molecule has 1 aromatic carbocycles. The van der Waals surface area contributed by atoms with Crippen molar-refractivity contribution < 1.29 is 9.90 Å². The summed E-state index contributed by atoms with van der Waals surface area (Å²) in [5.74, 6) is -1.14. The van der Waals surface area contributed by atoms with Gasteiger partial charge in [0.05, 0.1) is 5.52 Å². The maximum absolute atomic E-state index is 12.6. The first kappa shape index (κ1) is 14.3. The highest BCUT2D eigenvalue weighted by Crippen LogP contribution is 2.37. The Bertz CT molecular complexity index is 830. The number of fused-ring (bicyclic) bond motifs is 1. The van der Waals surface area contributed by atoms with Crippen molar-refractivity contribution in [3.63, 3.8) is 0 Å². The minimum Gasteiger partial charge on any atom is -0.477 e. The SMILES string of the molecule is O=C(O)c1cn(C2CC2)c2ccc(N3CCCCC3)cc2c1=O. The Labute approximate surface area is 134 Å². The van der Waals surface area contributed by atoms with E-state index in [9.17, 15) is 14.7 Å². The van der Waals surface area contributed by atoms with E-state index in [4.69, 9.17) is 0 Å². The Morgan fingerprint density at radius 3 is 2.52 bits per heavy atom. The summed E-state index contributed by atoms with van der Waals surface area (Å²) < 4.78 is 1.97. The number of nitrogens with zero attached hydrogens (tertiary/aromatic N) is 2. The lowest BCUT2D eigenvalue weighted by atomic mass is 10.1. The molecule has 0 radical (unpaired) electrons. The number of carboxylic acid groups (broad SMARTS) is 1.